The number of hydrogen-bond acceptors (Lipinski definition) is 7. The number of aliphatic hydroxyl groups excluding tert-OH is 3. The van der Waals surface area contributed by atoms with Crippen molar-refractivity contribution in [2.45, 2.75) is 95.5 Å². The van der Waals surface area contributed by atoms with Crippen molar-refractivity contribution in [3.05, 3.63) is 0 Å². The van der Waals surface area contributed by atoms with Crippen molar-refractivity contribution < 1.29 is 34.4 Å². The fraction of sp³-hybridized carbons (Fsp3) is 0.895. The van der Waals surface area contributed by atoms with Gasteiger partial charge in [-0.05, 0) is 6.42 Å². The lowest BCUT2D eigenvalue weighted by Gasteiger charge is -2.20. The minimum Gasteiger partial charge on any atom is -0.463 e. The highest BCUT2D eigenvalue weighted by molar-refractivity contribution is 5.69. The van der Waals surface area contributed by atoms with Gasteiger partial charge in [-0.3, -0.25) is 4.79 Å². The van der Waals surface area contributed by atoms with Crippen LogP contribution in [-0.4, -0.2) is 65.7 Å². The van der Waals surface area contributed by atoms with Crippen LogP contribution in [0.2, 0.25) is 0 Å². The fourth-order valence-electron chi connectivity index (χ4n) is 2.89. The molecule has 0 bridgehead atoms. The maximum atomic E-state index is 11.6. The van der Waals surface area contributed by atoms with Crippen LogP contribution in [0.3, 0.4) is 0 Å². The quantitative estimate of drug-likeness (QED) is 0.331. The Labute approximate surface area is 156 Å². The van der Waals surface area contributed by atoms with Crippen molar-refractivity contribution in [3.8, 4) is 0 Å². The van der Waals surface area contributed by atoms with Gasteiger partial charge in [-0.15, -0.1) is 0 Å². The molecule has 0 aliphatic carbocycles. The van der Waals surface area contributed by atoms with Crippen molar-refractivity contribution in [1.82, 2.24) is 0 Å². The molecule has 1 rings (SSSR count). The molecule has 1 saturated heterocycles. The predicted octanol–water partition coefficient (Wildman–Crippen LogP) is 1.75. The third kappa shape index (κ3) is 10.9. The molecule has 1 aliphatic heterocycles. The van der Waals surface area contributed by atoms with Gasteiger partial charge in [0.2, 0.25) is 0 Å². The Morgan fingerprint density at radius 2 is 1.62 bits per heavy atom. The second-order valence-electron chi connectivity index (χ2n) is 6.68. The summed E-state index contributed by atoms with van der Waals surface area (Å²) >= 11 is 0. The van der Waals surface area contributed by atoms with Crippen LogP contribution in [0.4, 0.5) is 0 Å². The first kappa shape index (κ1) is 25.0. The van der Waals surface area contributed by atoms with Gasteiger partial charge in [-0.2, -0.15) is 0 Å². The van der Waals surface area contributed by atoms with E-state index in [2.05, 4.69) is 6.92 Å². The zero-order valence-electron chi connectivity index (χ0n) is 16.0. The van der Waals surface area contributed by atoms with Crippen LogP contribution >= 0.6 is 0 Å². The topological polar surface area (TPSA) is 113 Å². The van der Waals surface area contributed by atoms with Gasteiger partial charge in [-0.1, -0.05) is 58.3 Å². The lowest BCUT2D eigenvalue weighted by molar-refractivity contribution is -0.151. The van der Waals surface area contributed by atoms with Crippen LogP contribution in [-0.2, 0) is 19.1 Å². The monoisotopic (exact) mass is 376 g/mol. The molecule has 1 heterocycles. The van der Waals surface area contributed by atoms with Gasteiger partial charge in [0.1, 0.15) is 37.8 Å². The molecule has 7 heteroatoms. The van der Waals surface area contributed by atoms with Gasteiger partial charge >= 0.3 is 5.97 Å². The van der Waals surface area contributed by atoms with E-state index in [1.54, 1.807) is 0 Å². The molecule has 0 aromatic heterocycles. The number of carbonyl (C=O) groups excluding carboxylic acids is 2. The van der Waals surface area contributed by atoms with Gasteiger partial charge in [0.25, 0.3) is 0 Å². The third-order valence-electron chi connectivity index (χ3n) is 4.47. The minimum atomic E-state index is -1.14. The number of carbonyl (C=O) groups is 2. The van der Waals surface area contributed by atoms with Gasteiger partial charge in [-0.25, -0.2) is 0 Å². The van der Waals surface area contributed by atoms with E-state index in [4.69, 9.17) is 14.3 Å². The zero-order chi connectivity index (χ0) is 19.8. The highest BCUT2D eigenvalue weighted by atomic mass is 16.6. The standard InChI is InChI=1S/C18H34O6.CH2O/c1-2-3-4-5-6-7-8-9-10-11-16(21)23-13-15(20)18-17(22)14(19)12-24-18;1-2/h14-15,17-20,22H,2-13H2,1H3;1H2/t14-,15+,17+,18+;/m0./s1. The Kier molecular flexibility index (Phi) is 15.5. The molecule has 0 amide bonds. The van der Waals surface area contributed by atoms with Crippen molar-refractivity contribution in [3.63, 3.8) is 0 Å². The lowest BCUT2D eigenvalue weighted by atomic mass is 10.1. The molecule has 154 valence electrons. The second-order valence-corrected chi connectivity index (χ2v) is 6.68. The summed E-state index contributed by atoms with van der Waals surface area (Å²) in [6, 6.07) is 0. The Morgan fingerprint density at radius 3 is 2.12 bits per heavy atom. The van der Waals surface area contributed by atoms with E-state index in [1.165, 1.54) is 38.5 Å². The average molecular weight is 376 g/mol. The summed E-state index contributed by atoms with van der Waals surface area (Å²) in [6.07, 6.45) is 6.84. The maximum absolute atomic E-state index is 11.6. The molecule has 7 nitrogen and oxygen atoms in total. The van der Waals surface area contributed by atoms with E-state index in [9.17, 15) is 20.1 Å². The summed E-state index contributed by atoms with van der Waals surface area (Å²) in [7, 11) is 0. The molecular weight excluding hydrogens is 340 g/mol. The molecule has 0 aromatic rings. The van der Waals surface area contributed by atoms with E-state index in [0.717, 1.165) is 19.3 Å². The highest BCUT2D eigenvalue weighted by Gasteiger charge is 2.39. The molecule has 1 aliphatic rings. The lowest BCUT2D eigenvalue weighted by Crippen LogP contribution is -2.41. The molecule has 3 N–H and O–H groups in total. The van der Waals surface area contributed by atoms with E-state index in [0.29, 0.717) is 6.42 Å². The SMILES string of the molecule is C=O.CCCCCCCCCCCC(=O)OC[C@@H](O)[C@H]1OC[C@H](O)[C@H]1O. The Bertz CT molecular complexity index is 351. The molecule has 26 heavy (non-hydrogen) atoms. The molecule has 0 aromatic carbocycles. The number of ether oxygens (including phenoxy) is 2. The summed E-state index contributed by atoms with van der Waals surface area (Å²) in [6.45, 7) is 3.98. The molecule has 0 unspecified atom stereocenters. The van der Waals surface area contributed by atoms with Gasteiger partial charge < -0.3 is 29.6 Å². The summed E-state index contributed by atoms with van der Waals surface area (Å²) in [5.41, 5.74) is 0. The number of rotatable bonds is 13. The fourth-order valence-corrected chi connectivity index (χ4v) is 2.89. The van der Waals surface area contributed by atoms with Gasteiger partial charge in [0.05, 0.1) is 6.61 Å². The smallest absolute Gasteiger partial charge is 0.305 e. The molecule has 0 spiro atoms. The Hall–Kier alpha value is -1.02. The second kappa shape index (κ2) is 16.2. The van der Waals surface area contributed by atoms with E-state index in [-0.39, 0.29) is 19.2 Å². The molecule has 1 fully saturated rings. The van der Waals surface area contributed by atoms with Gasteiger partial charge in [0, 0.05) is 6.42 Å². The van der Waals surface area contributed by atoms with Crippen molar-refractivity contribution >= 4 is 12.8 Å². The first-order valence-electron chi connectivity index (χ1n) is 9.66. The first-order chi connectivity index (χ1) is 12.6. The van der Waals surface area contributed by atoms with E-state index >= 15 is 0 Å². The third-order valence-corrected chi connectivity index (χ3v) is 4.47. The summed E-state index contributed by atoms with van der Waals surface area (Å²) in [4.78, 5) is 19.6. The summed E-state index contributed by atoms with van der Waals surface area (Å²) < 4.78 is 10.1. The zero-order valence-corrected chi connectivity index (χ0v) is 16.0. The van der Waals surface area contributed by atoms with Crippen LogP contribution in [0.1, 0.15) is 71.1 Å². The normalized spacial score (nSPS) is 23.2. The Balaban J connectivity index is 0.00000301. The average Bonchev–Trinajstić information content (AvgIpc) is 2.99. The highest BCUT2D eigenvalue weighted by Crippen LogP contribution is 2.18. The first-order valence-corrected chi connectivity index (χ1v) is 9.66. The van der Waals surface area contributed by atoms with E-state index < -0.39 is 24.4 Å². The van der Waals surface area contributed by atoms with Crippen molar-refractivity contribution in [2.24, 2.45) is 0 Å². The number of esters is 1. The number of hydrogen-bond donors (Lipinski definition) is 3. The van der Waals surface area contributed by atoms with Crippen LogP contribution in [0, 0.1) is 0 Å². The molecule has 0 saturated carbocycles. The largest absolute Gasteiger partial charge is 0.463 e. The van der Waals surface area contributed by atoms with Crippen molar-refractivity contribution in [1.29, 1.82) is 0 Å². The summed E-state index contributed by atoms with van der Waals surface area (Å²) in [5, 5.41) is 28.8. The predicted molar refractivity (Wildman–Crippen MR) is 97.7 cm³/mol. The van der Waals surface area contributed by atoms with E-state index in [1.807, 2.05) is 6.79 Å². The summed E-state index contributed by atoms with van der Waals surface area (Å²) in [5.74, 6) is -0.343. The van der Waals surface area contributed by atoms with Gasteiger partial charge in [0.15, 0.2) is 0 Å². The van der Waals surface area contributed by atoms with Crippen LogP contribution in [0.25, 0.3) is 0 Å². The molecule has 0 radical (unpaired) electrons. The number of unbranched alkanes of at least 4 members (excludes halogenated alkanes) is 8. The van der Waals surface area contributed by atoms with Crippen LogP contribution in [0.5, 0.6) is 0 Å². The molecule has 4 atom stereocenters. The number of aliphatic hydroxyl groups is 3. The Morgan fingerprint density at radius 1 is 1.08 bits per heavy atom. The van der Waals surface area contributed by atoms with Crippen molar-refractivity contribution in [2.75, 3.05) is 13.2 Å². The van der Waals surface area contributed by atoms with Crippen LogP contribution < -0.4 is 0 Å². The molecular formula is C19H36O7. The van der Waals surface area contributed by atoms with Crippen LogP contribution in [0.15, 0.2) is 0 Å². The minimum absolute atomic E-state index is 0.0186. The maximum Gasteiger partial charge on any atom is 0.305 e.